The number of nitrogens with one attached hydrogen (secondary N) is 1. The fourth-order valence-corrected chi connectivity index (χ4v) is 0.102. The number of carboxylic acid groups (broad SMARTS) is 1. The minimum atomic E-state index is -4.96. The van der Waals surface area contributed by atoms with Gasteiger partial charge in [0.2, 0.25) is 0 Å². The SMILES string of the molecule is O=C(O)NOC(F)(F)F. The minimum absolute atomic E-state index is 0.677. The standard InChI is InChI=1S/C2H2F3NO3/c3-2(4,5)9-6-1(7)8/h6H,(H,7,8). The molecular formula is C2H2F3NO3. The van der Waals surface area contributed by atoms with E-state index in [1.807, 2.05) is 0 Å². The van der Waals surface area contributed by atoms with Crippen molar-refractivity contribution >= 4 is 6.09 Å². The van der Waals surface area contributed by atoms with Crippen LogP contribution in [0.4, 0.5) is 18.0 Å². The molecule has 7 heteroatoms. The van der Waals surface area contributed by atoms with Crippen molar-refractivity contribution in [2.24, 2.45) is 0 Å². The molecule has 0 aromatic carbocycles. The molecule has 2 N–H and O–H groups in total. The number of halogens is 3. The second-order valence-electron chi connectivity index (χ2n) is 0.955. The van der Waals surface area contributed by atoms with Gasteiger partial charge in [-0.3, -0.25) is 0 Å². The van der Waals surface area contributed by atoms with Crippen molar-refractivity contribution in [1.29, 1.82) is 0 Å². The number of rotatable bonds is 1. The molecule has 54 valence electrons. The first-order valence-electron chi connectivity index (χ1n) is 1.65. The van der Waals surface area contributed by atoms with E-state index >= 15 is 0 Å². The van der Waals surface area contributed by atoms with Crippen LogP contribution in [0, 0.1) is 0 Å². The van der Waals surface area contributed by atoms with Gasteiger partial charge in [-0.1, -0.05) is 0 Å². The Hall–Kier alpha value is -0.980. The van der Waals surface area contributed by atoms with E-state index in [1.165, 1.54) is 0 Å². The maximum atomic E-state index is 10.9. The van der Waals surface area contributed by atoms with E-state index in [0.29, 0.717) is 5.48 Å². The average molecular weight is 145 g/mol. The van der Waals surface area contributed by atoms with E-state index in [2.05, 4.69) is 4.84 Å². The van der Waals surface area contributed by atoms with E-state index in [9.17, 15) is 18.0 Å². The lowest BCUT2D eigenvalue weighted by molar-refractivity contribution is -0.344. The average Bonchev–Trinajstić information content (AvgIpc) is 1.59. The molecule has 0 rings (SSSR count). The topological polar surface area (TPSA) is 58.6 Å². The van der Waals surface area contributed by atoms with E-state index < -0.39 is 12.5 Å². The summed E-state index contributed by atoms with van der Waals surface area (Å²) >= 11 is 0. The monoisotopic (exact) mass is 145 g/mol. The molecule has 0 unspecified atom stereocenters. The molecular weight excluding hydrogens is 143 g/mol. The lowest BCUT2D eigenvalue weighted by Crippen LogP contribution is -2.29. The van der Waals surface area contributed by atoms with Crippen molar-refractivity contribution in [3.8, 4) is 0 Å². The Labute approximate surface area is 47.2 Å². The zero-order valence-corrected chi connectivity index (χ0v) is 3.90. The number of hydrogen-bond donors (Lipinski definition) is 2. The van der Waals surface area contributed by atoms with Crippen molar-refractivity contribution in [2.75, 3.05) is 0 Å². The molecule has 0 bridgehead atoms. The largest absolute Gasteiger partial charge is 0.543 e. The predicted octanol–water partition coefficient (Wildman–Crippen LogP) is 0.705. The van der Waals surface area contributed by atoms with Gasteiger partial charge in [-0.05, 0) is 0 Å². The maximum Gasteiger partial charge on any atom is 0.543 e. The van der Waals surface area contributed by atoms with Gasteiger partial charge in [0.15, 0.2) is 0 Å². The van der Waals surface area contributed by atoms with E-state index in [1.54, 1.807) is 0 Å². The Morgan fingerprint density at radius 1 is 1.56 bits per heavy atom. The highest BCUT2D eigenvalue weighted by molar-refractivity contribution is 5.62. The number of hydrogen-bond acceptors (Lipinski definition) is 2. The molecule has 0 aliphatic heterocycles. The summed E-state index contributed by atoms with van der Waals surface area (Å²) in [5, 5.41) is 7.54. The zero-order chi connectivity index (χ0) is 7.49. The molecule has 0 saturated carbocycles. The summed E-state index contributed by atoms with van der Waals surface area (Å²) in [5.74, 6) is 0. The van der Waals surface area contributed by atoms with Crippen LogP contribution in [0.3, 0.4) is 0 Å². The van der Waals surface area contributed by atoms with Gasteiger partial charge in [0.05, 0.1) is 0 Å². The zero-order valence-electron chi connectivity index (χ0n) is 3.90. The molecule has 0 saturated heterocycles. The van der Waals surface area contributed by atoms with Crippen molar-refractivity contribution in [3.05, 3.63) is 0 Å². The summed E-state index contributed by atoms with van der Waals surface area (Å²) in [6, 6.07) is 0. The quantitative estimate of drug-likeness (QED) is 0.534. The molecule has 0 heterocycles. The fourth-order valence-electron chi connectivity index (χ4n) is 0.102. The first-order chi connectivity index (χ1) is 3.92. The van der Waals surface area contributed by atoms with Crippen molar-refractivity contribution in [2.45, 2.75) is 6.36 Å². The molecule has 0 aromatic heterocycles. The number of hydroxylamine groups is 1. The molecule has 1 amide bonds. The Kier molecular flexibility index (Phi) is 2.26. The normalized spacial score (nSPS) is 11.0. The summed E-state index contributed by atoms with van der Waals surface area (Å²) in [5.41, 5.74) is 0.677. The highest BCUT2D eigenvalue weighted by Crippen LogP contribution is 2.13. The molecule has 0 radical (unpaired) electrons. The van der Waals surface area contributed by atoms with Gasteiger partial charge >= 0.3 is 12.5 Å². The molecule has 0 fully saturated rings. The second-order valence-corrected chi connectivity index (χ2v) is 0.955. The van der Waals surface area contributed by atoms with Gasteiger partial charge in [-0.25, -0.2) is 4.79 Å². The molecule has 4 nitrogen and oxygen atoms in total. The van der Waals surface area contributed by atoms with E-state index in [4.69, 9.17) is 5.11 Å². The summed E-state index contributed by atoms with van der Waals surface area (Å²) in [6.07, 6.45) is -6.86. The van der Waals surface area contributed by atoms with Crippen LogP contribution in [0.1, 0.15) is 0 Å². The van der Waals surface area contributed by atoms with Crippen molar-refractivity contribution < 1.29 is 27.9 Å². The van der Waals surface area contributed by atoms with Gasteiger partial charge in [0, 0.05) is 0 Å². The molecule has 0 atom stereocenters. The van der Waals surface area contributed by atoms with Gasteiger partial charge in [0.25, 0.3) is 0 Å². The number of amides is 1. The summed E-state index contributed by atoms with van der Waals surface area (Å²) in [6.45, 7) is 0. The van der Waals surface area contributed by atoms with E-state index in [-0.39, 0.29) is 0 Å². The van der Waals surface area contributed by atoms with Crippen LogP contribution in [-0.2, 0) is 4.84 Å². The number of carbonyl (C=O) groups is 1. The van der Waals surface area contributed by atoms with Crippen LogP contribution in [0.5, 0.6) is 0 Å². The fraction of sp³-hybridized carbons (Fsp3) is 0.500. The highest BCUT2D eigenvalue weighted by atomic mass is 19.4. The molecule has 0 spiro atoms. The third-order valence-corrected chi connectivity index (χ3v) is 0.254. The maximum absolute atomic E-state index is 10.9. The molecule has 9 heavy (non-hydrogen) atoms. The van der Waals surface area contributed by atoms with Crippen LogP contribution in [0.25, 0.3) is 0 Å². The lowest BCUT2D eigenvalue weighted by atomic mass is 11.3. The first-order valence-corrected chi connectivity index (χ1v) is 1.65. The van der Waals surface area contributed by atoms with Crippen LogP contribution in [-0.4, -0.2) is 17.6 Å². The molecule has 0 aliphatic carbocycles. The number of alkyl halides is 3. The Bertz CT molecular complexity index is 110. The van der Waals surface area contributed by atoms with Crippen LogP contribution in [0.15, 0.2) is 0 Å². The summed E-state index contributed by atoms with van der Waals surface area (Å²) < 4.78 is 32.6. The van der Waals surface area contributed by atoms with Crippen LogP contribution < -0.4 is 5.48 Å². The van der Waals surface area contributed by atoms with Gasteiger partial charge < -0.3 is 5.11 Å². The Morgan fingerprint density at radius 3 is 2.11 bits per heavy atom. The summed E-state index contributed by atoms with van der Waals surface area (Å²) in [7, 11) is 0. The Morgan fingerprint density at radius 2 is 2.00 bits per heavy atom. The smallest absolute Gasteiger partial charge is 0.464 e. The van der Waals surface area contributed by atoms with E-state index in [0.717, 1.165) is 0 Å². The van der Waals surface area contributed by atoms with Gasteiger partial charge in [-0.15, -0.1) is 13.2 Å². The van der Waals surface area contributed by atoms with Crippen LogP contribution >= 0.6 is 0 Å². The predicted molar refractivity (Wildman–Crippen MR) is 18.3 cm³/mol. The Balaban J connectivity index is 3.39. The van der Waals surface area contributed by atoms with Crippen LogP contribution in [0.2, 0.25) is 0 Å². The summed E-state index contributed by atoms with van der Waals surface area (Å²) in [4.78, 5) is 12.0. The first kappa shape index (κ1) is 8.02. The molecule has 0 aromatic rings. The molecule has 0 aliphatic rings. The minimum Gasteiger partial charge on any atom is -0.464 e. The lowest BCUT2D eigenvalue weighted by Gasteiger charge is -2.03. The van der Waals surface area contributed by atoms with Gasteiger partial charge in [0.1, 0.15) is 0 Å². The third kappa shape index (κ3) is 7.02. The highest BCUT2D eigenvalue weighted by Gasteiger charge is 2.30. The van der Waals surface area contributed by atoms with Crippen molar-refractivity contribution in [1.82, 2.24) is 5.48 Å². The van der Waals surface area contributed by atoms with Gasteiger partial charge in [-0.2, -0.15) is 10.3 Å². The van der Waals surface area contributed by atoms with Crippen molar-refractivity contribution in [3.63, 3.8) is 0 Å². The second kappa shape index (κ2) is 2.53. The third-order valence-electron chi connectivity index (χ3n) is 0.254.